The van der Waals surface area contributed by atoms with Gasteiger partial charge in [-0.2, -0.15) is 4.31 Å². The number of anilines is 1. The number of nitrogens with one attached hydrogen (secondary N) is 1. The van der Waals surface area contributed by atoms with Crippen molar-refractivity contribution in [2.45, 2.75) is 55.2 Å². The maximum absolute atomic E-state index is 12.9. The number of rotatable bonds is 10. The van der Waals surface area contributed by atoms with E-state index in [4.69, 9.17) is 0 Å². The zero-order chi connectivity index (χ0) is 24.3. The van der Waals surface area contributed by atoms with Gasteiger partial charge in [0.1, 0.15) is 5.82 Å². The number of thioether (sulfide) groups is 1. The van der Waals surface area contributed by atoms with E-state index in [0.29, 0.717) is 11.7 Å². The molecule has 1 aromatic heterocycles. The van der Waals surface area contributed by atoms with Crippen LogP contribution in [0.4, 0.5) is 5.69 Å². The first-order valence-electron chi connectivity index (χ1n) is 11.2. The Hall–Kier alpha value is -2.69. The van der Waals surface area contributed by atoms with E-state index in [0.717, 1.165) is 29.4 Å². The average molecular weight is 500 g/mol. The van der Waals surface area contributed by atoms with Crippen LogP contribution in [-0.4, -0.2) is 46.2 Å². The van der Waals surface area contributed by atoms with Crippen molar-refractivity contribution in [2.75, 3.05) is 18.1 Å². The minimum absolute atomic E-state index is 0.178. The zero-order valence-electron chi connectivity index (χ0n) is 19.5. The lowest BCUT2D eigenvalue weighted by Crippen LogP contribution is -2.26. The van der Waals surface area contributed by atoms with Crippen LogP contribution in [0.1, 0.15) is 50.0 Å². The largest absolute Gasteiger partial charge is 0.325 e. The Bertz CT molecular complexity index is 1240. The molecule has 0 saturated heterocycles. The van der Waals surface area contributed by atoms with Crippen LogP contribution in [0.3, 0.4) is 0 Å². The highest BCUT2D eigenvalue weighted by Crippen LogP contribution is 2.40. The summed E-state index contributed by atoms with van der Waals surface area (Å²) < 4.78 is 29.3. The molecule has 0 aliphatic heterocycles. The molecular weight excluding hydrogens is 470 g/mol. The van der Waals surface area contributed by atoms with Gasteiger partial charge in [0.15, 0.2) is 5.16 Å². The number of amides is 1. The van der Waals surface area contributed by atoms with Crippen LogP contribution in [0.5, 0.6) is 0 Å². The summed E-state index contributed by atoms with van der Waals surface area (Å²) in [6.07, 6.45) is 2.24. The van der Waals surface area contributed by atoms with Gasteiger partial charge in [0, 0.05) is 31.2 Å². The molecule has 1 amide bonds. The molecule has 4 rings (SSSR count). The van der Waals surface area contributed by atoms with Crippen molar-refractivity contribution < 1.29 is 13.2 Å². The van der Waals surface area contributed by atoms with Crippen molar-refractivity contribution in [1.29, 1.82) is 0 Å². The first kappa shape index (κ1) is 24.4. The van der Waals surface area contributed by atoms with E-state index < -0.39 is 10.0 Å². The summed E-state index contributed by atoms with van der Waals surface area (Å²) in [5.41, 5.74) is 1.45. The van der Waals surface area contributed by atoms with E-state index in [1.165, 1.54) is 28.2 Å². The van der Waals surface area contributed by atoms with E-state index in [-0.39, 0.29) is 29.0 Å². The molecule has 180 valence electrons. The van der Waals surface area contributed by atoms with E-state index in [9.17, 15) is 13.2 Å². The van der Waals surface area contributed by atoms with Gasteiger partial charge in [-0.05, 0) is 42.7 Å². The van der Waals surface area contributed by atoms with Gasteiger partial charge in [0.2, 0.25) is 15.9 Å². The van der Waals surface area contributed by atoms with Crippen LogP contribution in [0.25, 0.3) is 0 Å². The second-order valence-electron chi connectivity index (χ2n) is 8.70. The lowest BCUT2D eigenvalue weighted by Gasteiger charge is -2.17. The summed E-state index contributed by atoms with van der Waals surface area (Å²) in [7, 11) is -2.09. The van der Waals surface area contributed by atoms with Crippen molar-refractivity contribution in [1.82, 2.24) is 19.1 Å². The number of sulfonamides is 1. The second kappa shape index (κ2) is 10.3. The van der Waals surface area contributed by atoms with E-state index >= 15 is 0 Å². The van der Waals surface area contributed by atoms with Crippen LogP contribution >= 0.6 is 11.8 Å². The molecule has 1 saturated carbocycles. The van der Waals surface area contributed by atoms with Crippen molar-refractivity contribution in [3.63, 3.8) is 0 Å². The third-order valence-corrected chi connectivity index (χ3v) is 8.31. The molecule has 1 aliphatic carbocycles. The predicted molar refractivity (Wildman–Crippen MR) is 133 cm³/mol. The quantitative estimate of drug-likeness (QED) is 0.418. The molecule has 0 spiro atoms. The summed E-state index contributed by atoms with van der Waals surface area (Å²) in [6, 6.07) is 16.1. The number of nitrogens with zero attached hydrogens (tertiary/aromatic N) is 4. The second-order valence-corrected chi connectivity index (χ2v) is 11.7. The molecule has 0 radical (unpaired) electrons. The van der Waals surface area contributed by atoms with E-state index in [1.54, 1.807) is 19.2 Å². The zero-order valence-corrected chi connectivity index (χ0v) is 21.1. The molecule has 0 bridgehead atoms. The lowest BCUT2D eigenvalue weighted by atomic mass is 10.2. The Kier molecular flexibility index (Phi) is 7.39. The topological polar surface area (TPSA) is 97.2 Å². The highest BCUT2D eigenvalue weighted by molar-refractivity contribution is 7.99. The molecule has 1 fully saturated rings. The van der Waals surface area contributed by atoms with Crippen LogP contribution in [-0.2, 0) is 21.4 Å². The summed E-state index contributed by atoms with van der Waals surface area (Å²) in [6.45, 7) is 4.46. The monoisotopic (exact) mass is 499 g/mol. The maximum atomic E-state index is 12.9. The van der Waals surface area contributed by atoms with E-state index in [2.05, 4.69) is 33.9 Å². The number of carbonyl (C=O) groups excluding carboxylic acids is 1. The highest BCUT2D eigenvalue weighted by Gasteiger charge is 2.30. The third-order valence-electron chi connectivity index (χ3n) is 5.55. The van der Waals surface area contributed by atoms with Crippen molar-refractivity contribution in [2.24, 2.45) is 0 Å². The summed E-state index contributed by atoms with van der Waals surface area (Å²) in [4.78, 5) is 12.7. The van der Waals surface area contributed by atoms with Crippen LogP contribution in [0, 0.1) is 0 Å². The average Bonchev–Trinajstić information content (AvgIpc) is 3.56. The van der Waals surface area contributed by atoms with Gasteiger partial charge in [-0.15, -0.1) is 10.2 Å². The SMILES string of the molecule is CC(C)c1nnc(SCC(=O)Nc2ccc(S(=O)(=O)N(C)Cc3ccccc3)cc2)n1C1CC1. The molecule has 1 N–H and O–H groups in total. The van der Waals surface area contributed by atoms with Crippen molar-refractivity contribution in [3.8, 4) is 0 Å². The Morgan fingerprint density at radius 2 is 1.79 bits per heavy atom. The first-order chi connectivity index (χ1) is 16.3. The molecule has 34 heavy (non-hydrogen) atoms. The van der Waals surface area contributed by atoms with Crippen molar-refractivity contribution >= 4 is 33.4 Å². The Morgan fingerprint density at radius 1 is 1.12 bits per heavy atom. The fourth-order valence-corrected chi connectivity index (χ4v) is 5.57. The maximum Gasteiger partial charge on any atom is 0.243 e. The highest BCUT2D eigenvalue weighted by atomic mass is 32.2. The summed E-state index contributed by atoms with van der Waals surface area (Å²) in [5.74, 6) is 1.25. The molecule has 1 aliphatic rings. The van der Waals surface area contributed by atoms with Gasteiger partial charge in [-0.3, -0.25) is 4.79 Å². The van der Waals surface area contributed by atoms with Gasteiger partial charge >= 0.3 is 0 Å². The Labute approximate surface area is 204 Å². The first-order valence-corrected chi connectivity index (χ1v) is 13.7. The number of benzene rings is 2. The fourth-order valence-electron chi connectivity index (χ4n) is 3.60. The molecule has 3 aromatic rings. The van der Waals surface area contributed by atoms with Gasteiger partial charge in [0.25, 0.3) is 0 Å². The standard InChI is InChI=1S/C24H29N5O3S2/c1-17(2)23-26-27-24(29(23)20-11-12-20)33-16-22(30)25-19-9-13-21(14-10-19)34(31,32)28(3)15-18-7-5-4-6-8-18/h4-10,13-14,17,20H,11-12,15-16H2,1-3H3,(H,25,30). The molecule has 2 aromatic carbocycles. The number of carbonyl (C=O) groups is 1. The van der Waals surface area contributed by atoms with Gasteiger partial charge in [-0.1, -0.05) is 55.9 Å². The van der Waals surface area contributed by atoms with Gasteiger partial charge in [-0.25, -0.2) is 8.42 Å². The minimum atomic E-state index is -3.64. The molecule has 10 heteroatoms. The Morgan fingerprint density at radius 3 is 2.41 bits per heavy atom. The van der Waals surface area contributed by atoms with Gasteiger partial charge in [0.05, 0.1) is 10.6 Å². The molecule has 0 atom stereocenters. The molecule has 0 unspecified atom stereocenters. The van der Waals surface area contributed by atoms with Gasteiger partial charge < -0.3 is 9.88 Å². The summed E-state index contributed by atoms with van der Waals surface area (Å²) in [5, 5.41) is 12.2. The number of hydrogen-bond acceptors (Lipinski definition) is 6. The van der Waals surface area contributed by atoms with Crippen LogP contribution < -0.4 is 5.32 Å². The molecule has 1 heterocycles. The number of aromatic nitrogens is 3. The van der Waals surface area contributed by atoms with Crippen molar-refractivity contribution in [3.05, 3.63) is 66.0 Å². The smallest absolute Gasteiger partial charge is 0.243 e. The van der Waals surface area contributed by atoms with Crippen LogP contribution in [0.2, 0.25) is 0 Å². The molecule has 8 nitrogen and oxygen atoms in total. The lowest BCUT2D eigenvalue weighted by molar-refractivity contribution is -0.113. The Balaban J connectivity index is 1.35. The normalized spacial score (nSPS) is 14.0. The number of hydrogen-bond donors (Lipinski definition) is 1. The minimum Gasteiger partial charge on any atom is -0.325 e. The fraction of sp³-hybridized carbons (Fsp3) is 0.375. The molecular formula is C24H29N5O3S2. The third kappa shape index (κ3) is 5.68. The van der Waals surface area contributed by atoms with E-state index in [1.807, 2.05) is 30.3 Å². The summed E-state index contributed by atoms with van der Waals surface area (Å²) >= 11 is 1.37. The van der Waals surface area contributed by atoms with Crippen LogP contribution in [0.15, 0.2) is 64.6 Å². The predicted octanol–water partition coefficient (Wildman–Crippen LogP) is 4.29.